The number of unbranched alkanes of at least 4 members (excludes halogenated alkanes) is 9. The largest absolute Gasteiger partial charge is 0.563 e. The molecule has 66 heavy (non-hydrogen) atoms. The van der Waals surface area contributed by atoms with E-state index in [2.05, 4.69) is 163 Å². The molecular weight excluding hydrogens is 800 g/mol. The molecule has 2 nitrogen and oxygen atoms in total. The standard InChI is InChI=1S/C63H71BO2/c1-10-12-14-16-18-22-36-63(35-21-17-15-13-11-2)54-24-20-19-23-48(54)53-33-28-46(40-59(53)63)45-27-31-50-49-30-25-43(37-55(49)60(4,5)56(50)39-45)44-26-32-51-52-34-29-47(64-65-42(3)62(8,9)66-64)41-58(52)61(6,7)57(51)38-44/h19-20,23-34,37-41H,3,10-18,21-22,35-36H2,1-2,4-9H3. The minimum Gasteiger partial charge on any atom is -0.534 e. The van der Waals surface area contributed by atoms with Gasteiger partial charge in [-0.25, -0.2) is 0 Å². The SMILES string of the molecule is C=C1OB(c2ccc3c(c2)C(C)(C)c2cc(-c4ccc5c(c4)C(C)(C)c4cc(-c6ccc7c(c6)C(CCCCCCC)(CCCCCCCC)c6ccccc6-7)ccc4-5)ccc2-3)OC1(C)C. The van der Waals surface area contributed by atoms with E-state index in [4.69, 9.17) is 9.31 Å². The fourth-order valence-corrected chi connectivity index (χ4v) is 12.5. The Morgan fingerprint density at radius 3 is 1.29 bits per heavy atom. The van der Waals surface area contributed by atoms with Crippen molar-refractivity contribution in [3.63, 3.8) is 0 Å². The smallest absolute Gasteiger partial charge is 0.534 e. The normalized spacial score (nSPS) is 18.7. The Morgan fingerprint density at radius 2 is 0.818 bits per heavy atom. The Kier molecular flexibility index (Phi) is 11.6. The monoisotopic (exact) mass is 871 g/mol. The second-order valence-corrected chi connectivity index (χ2v) is 21.9. The van der Waals surface area contributed by atoms with Crippen LogP contribution in [0.4, 0.5) is 0 Å². The van der Waals surface area contributed by atoms with Crippen LogP contribution in [0.3, 0.4) is 0 Å². The topological polar surface area (TPSA) is 18.5 Å². The lowest BCUT2D eigenvalue weighted by Crippen LogP contribution is -2.35. The van der Waals surface area contributed by atoms with Gasteiger partial charge >= 0.3 is 7.12 Å². The molecular formula is C63H71BO2. The third kappa shape index (κ3) is 7.44. The minimum atomic E-state index is -0.506. The highest BCUT2D eigenvalue weighted by Gasteiger charge is 2.45. The summed E-state index contributed by atoms with van der Waals surface area (Å²) in [6.45, 7) is 22.4. The lowest BCUT2D eigenvalue weighted by atomic mass is 9.70. The summed E-state index contributed by atoms with van der Waals surface area (Å²) in [4.78, 5) is 0. The second-order valence-electron chi connectivity index (χ2n) is 21.9. The summed E-state index contributed by atoms with van der Waals surface area (Å²) < 4.78 is 12.4. The number of hydrogen-bond donors (Lipinski definition) is 0. The maximum Gasteiger partial charge on any atom is 0.563 e. The van der Waals surface area contributed by atoms with Gasteiger partial charge in [0, 0.05) is 16.2 Å². The van der Waals surface area contributed by atoms with Gasteiger partial charge in [-0.05, 0) is 145 Å². The molecule has 0 N–H and O–H groups in total. The first-order valence-corrected chi connectivity index (χ1v) is 25.7. The van der Waals surface area contributed by atoms with E-state index in [1.165, 1.54) is 161 Å². The molecule has 6 aromatic rings. The van der Waals surface area contributed by atoms with E-state index in [0.29, 0.717) is 5.76 Å². The zero-order valence-electron chi connectivity index (χ0n) is 41.3. The van der Waals surface area contributed by atoms with Gasteiger partial charge < -0.3 is 9.31 Å². The van der Waals surface area contributed by atoms with Crippen LogP contribution >= 0.6 is 0 Å². The molecule has 0 aromatic heterocycles. The van der Waals surface area contributed by atoms with Crippen molar-refractivity contribution in [3.05, 3.63) is 161 Å². The summed E-state index contributed by atoms with van der Waals surface area (Å²) in [7, 11) is -0.441. The molecule has 0 saturated carbocycles. The van der Waals surface area contributed by atoms with Gasteiger partial charge in [-0.2, -0.15) is 0 Å². The zero-order valence-corrected chi connectivity index (χ0v) is 41.3. The molecule has 3 aliphatic carbocycles. The molecule has 1 atom stereocenters. The Balaban J connectivity index is 0.947. The molecule has 1 fully saturated rings. The second kappa shape index (κ2) is 17.2. The predicted octanol–water partition coefficient (Wildman–Crippen LogP) is 17.0. The van der Waals surface area contributed by atoms with Crippen molar-refractivity contribution >= 4 is 12.6 Å². The summed E-state index contributed by atoms with van der Waals surface area (Å²) in [6.07, 6.45) is 17.1. The van der Waals surface area contributed by atoms with Gasteiger partial charge in [0.15, 0.2) is 0 Å². The Bertz CT molecular complexity index is 2840. The van der Waals surface area contributed by atoms with Crippen molar-refractivity contribution in [1.29, 1.82) is 0 Å². The summed E-state index contributed by atoms with van der Waals surface area (Å²) in [5.74, 6) is 0.676. The summed E-state index contributed by atoms with van der Waals surface area (Å²) in [5.41, 5.74) is 22.4. The molecule has 4 aliphatic rings. The number of benzene rings is 6. The van der Waals surface area contributed by atoms with Crippen molar-refractivity contribution in [3.8, 4) is 55.6 Å². The molecule has 6 aromatic carbocycles. The highest BCUT2D eigenvalue weighted by Crippen LogP contribution is 2.56. The zero-order chi connectivity index (χ0) is 46.0. The van der Waals surface area contributed by atoms with Crippen LogP contribution in [0.2, 0.25) is 0 Å². The van der Waals surface area contributed by atoms with Crippen molar-refractivity contribution in [2.45, 2.75) is 161 Å². The molecule has 338 valence electrons. The van der Waals surface area contributed by atoms with Crippen LogP contribution in [0.5, 0.6) is 0 Å². The lowest BCUT2D eigenvalue weighted by Gasteiger charge is -2.33. The van der Waals surface area contributed by atoms with Crippen LogP contribution in [0, 0.1) is 0 Å². The van der Waals surface area contributed by atoms with Gasteiger partial charge in [0.2, 0.25) is 0 Å². The predicted molar refractivity (Wildman–Crippen MR) is 281 cm³/mol. The minimum absolute atomic E-state index is 0.0762. The molecule has 1 heterocycles. The third-order valence-electron chi connectivity index (χ3n) is 16.6. The van der Waals surface area contributed by atoms with Gasteiger partial charge in [-0.1, -0.05) is 210 Å². The average molecular weight is 871 g/mol. The Hall–Kier alpha value is -5.12. The van der Waals surface area contributed by atoms with E-state index in [-0.39, 0.29) is 16.2 Å². The number of rotatable bonds is 16. The number of fused-ring (bicyclic) bond motifs is 9. The maximum atomic E-state index is 6.29. The molecule has 0 amide bonds. The third-order valence-corrected chi connectivity index (χ3v) is 16.6. The van der Waals surface area contributed by atoms with Crippen LogP contribution in [-0.2, 0) is 25.6 Å². The van der Waals surface area contributed by atoms with E-state index in [0.717, 1.165) is 5.46 Å². The molecule has 10 rings (SSSR count). The van der Waals surface area contributed by atoms with Crippen molar-refractivity contribution in [2.24, 2.45) is 0 Å². The number of hydrogen-bond acceptors (Lipinski definition) is 2. The van der Waals surface area contributed by atoms with Crippen LogP contribution in [-0.4, -0.2) is 12.7 Å². The lowest BCUT2D eigenvalue weighted by molar-refractivity contribution is 0.173. The van der Waals surface area contributed by atoms with Gasteiger partial charge in [0.1, 0.15) is 5.60 Å². The Morgan fingerprint density at radius 1 is 0.424 bits per heavy atom. The van der Waals surface area contributed by atoms with E-state index in [9.17, 15) is 0 Å². The van der Waals surface area contributed by atoms with Crippen molar-refractivity contribution in [1.82, 2.24) is 0 Å². The average Bonchev–Trinajstić information content (AvgIpc) is 3.93. The van der Waals surface area contributed by atoms with Crippen molar-refractivity contribution < 1.29 is 9.31 Å². The van der Waals surface area contributed by atoms with E-state index in [1.54, 1.807) is 11.1 Å². The van der Waals surface area contributed by atoms with Crippen LogP contribution in [0.15, 0.2) is 128 Å². The summed E-state index contributed by atoms with van der Waals surface area (Å²) >= 11 is 0. The molecule has 3 heteroatoms. The summed E-state index contributed by atoms with van der Waals surface area (Å²) in [5, 5.41) is 0. The highest BCUT2D eigenvalue weighted by atomic mass is 16.7. The fraction of sp³-hybridized carbons (Fsp3) is 0.397. The highest BCUT2D eigenvalue weighted by molar-refractivity contribution is 6.62. The van der Waals surface area contributed by atoms with Gasteiger partial charge in [0.05, 0.1) is 5.76 Å². The fourth-order valence-electron chi connectivity index (χ4n) is 12.5. The molecule has 1 unspecified atom stereocenters. The molecule has 0 spiro atoms. The van der Waals surface area contributed by atoms with Gasteiger partial charge in [-0.15, -0.1) is 0 Å². The van der Waals surface area contributed by atoms with Gasteiger partial charge in [0.25, 0.3) is 0 Å². The Labute approximate surface area is 397 Å². The molecule has 1 aliphatic heterocycles. The van der Waals surface area contributed by atoms with Crippen LogP contribution < -0.4 is 5.46 Å². The van der Waals surface area contributed by atoms with Gasteiger partial charge in [-0.3, -0.25) is 0 Å². The molecule has 0 bridgehead atoms. The van der Waals surface area contributed by atoms with Crippen LogP contribution in [0.1, 0.15) is 172 Å². The molecule has 0 radical (unpaired) electrons. The molecule has 1 saturated heterocycles. The van der Waals surface area contributed by atoms with Crippen molar-refractivity contribution in [2.75, 3.05) is 0 Å². The summed E-state index contributed by atoms with van der Waals surface area (Å²) in [6, 6.07) is 45.3. The first-order chi connectivity index (χ1) is 31.8. The van der Waals surface area contributed by atoms with E-state index < -0.39 is 12.7 Å². The maximum absolute atomic E-state index is 6.29. The van der Waals surface area contributed by atoms with E-state index >= 15 is 0 Å². The first kappa shape index (κ1) is 44.7. The van der Waals surface area contributed by atoms with E-state index in [1.807, 2.05) is 13.8 Å². The van der Waals surface area contributed by atoms with Crippen LogP contribution in [0.25, 0.3) is 55.6 Å². The first-order valence-electron chi connectivity index (χ1n) is 25.7. The quantitative estimate of drug-likeness (QED) is 0.0713.